The molecule has 1 heterocycles. The standard InChI is InChI=1S/C18H30O3/c1-2-20-17(14-7-4-3-5-8-14)16(19)15-9-12-21-18(13-15)10-6-11-18/h14-15,17H,2-13H2,1H3. The summed E-state index contributed by atoms with van der Waals surface area (Å²) in [6.45, 7) is 3.43. The van der Waals surface area contributed by atoms with Crippen molar-refractivity contribution in [2.24, 2.45) is 11.8 Å². The first kappa shape index (κ1) is 15.5. The monoisotopic (exact) mass is 294 g/mol. The van der Waals surface area contributed by atoms with E-state index in [-0.39, 0.29) is 17.6 Å². The number of hydrogen-bond donors (Lipinski definition) is 0. The lowest BCUT2D eigenvalue weighted by molar-refractivity contribution is -0.164. The van der Waals surface area contributed by atoms with Crippen molar-refractivity contribution in [2.45, 2.75) is 82.8 Å². The van der Waals surface area contributed by atoms with Crippen molar-refractivity contribution in [1.82, 2.24) is 0 Å². The summed E-state index contributed by atoms with van der Waals surface area (Å²) >= 11 is 0. The number of Topliss-reactive ketones (excluding diaryl/α,β-unsaturated/α-hetero) is 1. The minimum atomic E-state index is -0.143. The van der Waals surface area contributed by atoms with E-state index in [1.165, 1.54) is 38.5 Å². The van der Waals surface area contributed by atoms with E-state index in [9.17, 15) is 4.79 Å². The van der Waals surface area contributed by atoms with Crippen molar-refractivity contribution in [1.29, 1.82) is 0 Å². The molecule has 2 aliphatic carbocycles. The number of hydrogen-bond acceptors (Lipinski definition) is 3. The third kappa shape index (κ3) is 3.34. The lowest BCUT2D eigenvalue weighted by Crippen LogP contribution is -2.49. The van der Waals surface area contributed by atoms with E-state index in [0.29, 0.717) is 18.3 Å². The number of ether oxygens (including phenoxy) is 2. The van der Waals surface area contributed by atoms with Gasteiger partial charge in [0.25, 0.3) is 0 Å². The summed E-state index contributed by atoms with van der Waals surface area (Å²) in [4.78, 5) is 13.0. The molecular weight excluding hydrogens is 264 g/mol. The Bertz CT molecular complexity index is 355. The maximum atomic E-state index is 13.0. The Labute approximate surface area is 128 Å². The topological polar surface area (TPSA) is 35.5 Å². The molecule has 0 radical (unpaired) electrons. The van der Waals surface area contributed by atoms with Gasteiger partial charge in [-0.2, -0.15) is 0 Å². The highest BCUT2D eigenvalue weighted by Gasteiger charge is 2.46. The van der Waals surface area contributed by atoms with E-state index < -0.39 is 0 Å². The molecule has 3 nitrogen and oxygen atoms in total. The summed E-state index contributed by atoms with van der Waals surface area (Å²) in [6, 6.07) is 0. The van der Waals surface area contributed by atoms with Crippen molar-refractivity contribution < 1.29 is 14.3 Å². The van der Waals surface area contributed by atoms with Crippen molar-refractivity contribution in [3.8, 4) is 0 Å². The highest BCUT2D eigenvalue weighted by molar-refractivity contribution is 5.86. The Morgan fingerprint density at radius 1 is 1.19 bits per heavy atom. The maximum Gasteiger partial charge on any atom is 0.165 e. The van der Waals surface area contributed by atoms with Gasteiger partial charge in [0.2, 0.25) is 0 Å². The lowest BCUT2D eigenvalue weighted by atomic mass is 9.69. The van der Waals surface area contributed by atoms with Gasteiger partial charge in [0, 0.05) is 19.1 Å². The molecule has 0 N–H and O–H groups in total. The highest BCUT2D eigenvalue weighted by atomic mass is 16.5. The predicted molar refractivity (Wildman–Crippen MR) is 82.3 cm³/mol. The Kier molecular flexibility index (Phi) is 5.00. The quantitative estimate of drug-likeness (QED) is 0.771. The van der Waals surface area contributed by atoms with Crippen LogP contribution in [-0.2, 0) is 14.3 Å². The average Bonchev–Trinajstić information content (AvgIpc) is 2.51. The summed E-state index contributed by atoms with van der Waals surface area (Å²) in [5.74, 6) is 1.03. The Balaban J connectivity index is 1.64. The Morgan fingerprint density at radius 2 is 1.95 bits per heavy atom. The summed E-state index contributed by atoms with van der Waals surface area (Å²) in [7, 11) is 0. The molecule has 1 spiro atoms. The van der Waals surface area contributed by atoms with Crippen LogP contribution in [0.2, 0.25) is 0 Å². The predicted octanol–water partition coefficient (Wildman–Crippen LogP) is 3.89. The summed E-state index contributed by atoms with van der Waals surface area (Å²) in [6.07, 6.45) is 11.5. The maximum absolute atomic E-state index is 13.0. The molecule has 2 unspecified atom stereocenters. The van der Waals surface area contributed by atoms with E-state index in [0.717, 1.165) is 32.3 Å². The average molecular weight is 294 g/mol. The highest BCUT2D eigenvalue weighted by Crippen LogP contribution is 2.45. The second-order valence-corrected chi connectivity index (χ2v) is 7.25. The van der Waals surface area contributed by atoms with E-state index in [1.807, 2.05) is 6.92 Å². The van der Waals surface area contributed by atoms with Crippen LogP contribution in [0, 0.1) is 11.8 Å². The van der Waals surface area contributed by atoms with Crippen LogP contribution in [-0.4, -0.2) is 30.7 Å². The van der Waals surface area contributed by atoms with Crippen LogP contribution in [0.3, 0.4) is 0 Å². The number of carbonyl (C=O) groups excluding carboxylic acids is 1. The van der Waals surface area contributed by atoms with Gasteiger partial charge in [-0.1, -0.05) is 19.3 Å². The normalized spacial score (nSPS) is 30.8. The third-order valence-electron chi connectivity index (χ3n) is 5.86. The lowest BCUT2D eigenvalue weighted by Gasteiger charge is -2.47. The van der Waals surface area contributed by atoms with Crippen LogP contribution in [0.15, 0.2) is 0 Å². The number of rotatable bonds is 5. The fraction of sp³-hybridized carbons (Fsp3) is 0.944. The van der Waals surface area contributed by atoms with Crippen molar-refractivity contribution in [3.63, 3.8) is 0 Å². The summed E-state index contributed by atoms with van der Waals surface area (Å²) in [5, 5.41) is 0. The number of ketones is 1. The molecule has 3 heteroatoms. The molecule has 3 rings (SSSR count). The fourth-order valence-corrected chi connectivity index (χ4v) is 4.49. The van der Waals surface area contributed by atoms with Gasteiger partial charge in [-0.15, -0.1) is 0 Å². The second-order valence-electron chi connectivity index (χ2n) is 7.25. The molecular formula is C18H30O3. The Morgan fingerprint density at radius 3 is 2.57 bits per heavy atom. The van der Waals surface area contributed by atoms with E-state index in [2.05, 4.69) is 0 Å². The molecule has 1 aliphatic heterocycles. The third-order valence-corrected chi connectivity index (χ3v) is 5.86. The first-order valence-electron chi connectivity index (χ1n) is 9.03. The van der Waals surface area contributed by atoms with Crippen LogP contribution >= 0.6 is 0 Å². The van der Waals surface area contributed by atoms with Crippen LogP contribution in [0.25, 0.3) is 0 Å². The molecule has 0 bridgehead atoms. The molecule has 0 aromatic heterocycles. The molecule has 0 aromatic carbocycles. The molecule has 3 aliphatic rings. The van der Waals surface area contributed by atoms with Gasteiger partial charge in [-0.3, -0.25) is 4.79 Å². The molecule has 1 saturated heterocycles. The zero-order valence-corrected chi connectivity index (χ0v) is 13.4. The van der Waals surface area contributed by atoms with Crippen molar-refractivity contribution in [2.75, 3.05) is 13.2 Å². The van der Waals surface area contributed by atoms with Crippen LogP contribution < -0.4 is 0 Å². The second kappa shape index (κ2) is 6.78. The van der Waals surface area contributed by atoms with Crippen LogP contribution in [0.1, 0.15) is 71.1 Å². The van der Waals surface area contributed by atoms with E-state index >= 15 is 0 Å². The molecule has 2 atom stereocenters. The number of carbonyl (C=O) groups is 1. The first-order valence-corrected chi connectivity index (χ1v) is 9.03. The van der Waals surface area contributed by atoms with Gasteiger partial charge < -0.3 is 9.47 Å². The zero-order valence-electron chi connectivity index (χ0n) is 13.4. The smallest absolute Gasteiger partial charge is 0.165 e. The molecule has 0 aromatic rings. The largest absolute Gasteiger partial charge is 0.375 e. The summed E-state index contributed by atoms with van der Waals surface area (Å²) in [5.41, 5.74) is 0.0574. The van der Waals surface area contributed by atoms with Crippen molar-refractivity contribution >= 4 is 5.78 Å². The minimum Gasteiger partial charge on any atom is -0.375 e. The molecule has 21 heavy (non-hydrogen) atoms. The van der Waals surface area contributed by atoms with E-state index in [4.69, 9.17) is 9.47 Å². The summed E-state index contributed by atoms with van der Waals surface area (Å²) < 4.78 is 11.9. The van der Waals surface area contributed by atoms with Gasteiger partial charge in [0.15, 0.2) is 5.78 Å². The zero-order chi connectivity index (χ0) is 14.7. The first-order chi connectivity index (χ1) is 10.2. The molecule has 120 valence electrons. The van der Waals surface area contributed by atoms with Crippen LogP contribution in [0.5, 0.6) is 0 Å². The fourth-order valence-electron chi connectivity index (χ4n) is 4.49. The SMILES string of the molecule is CCOC(C(=O)C1CCOC2(CCC2)C1)C1CCCCC1. The van der Waals surface area contributed by atoms with E-state index in [1.54, 1.807) is 0 Å². The van der Waals surface area contributed by atoms with Gasteiger partial charge >= 0.3 is 0 Å². The van der Waals surface area contributed by atoms with Gasteiger partial charge in [-0.05, 0) is 57.8 Å². The van der Waals surface area contributed by atoms with Crippen molar-refractivity contribution in [3.05, 3.63) is 0 Å². The molecule has 3 fully saturated rings. The Hall–Kier alpha value is -0.410. The minimum absolute atomic E-state index is 0.0574. The molecule has 2 saturated carbocycles. The molecule has 0 amide bonds. The van der Waals surface area contributed by atoms with Crippen LogP contribution in [0.4, 0.5) is 0 Å². The van der Waals surface area contributed by atoms with Gasteiger partial charge in [0.05, 0.1) is 5.60 Å². The van der Waals surface area contributed by atoms with Gasteiger partial charge in [-0.25, -0.2) is 0 Å². The van der Waals surface area contributed by atoms with Gasteiger partial charge in [0.1, 0.15) is 6.10 Å².